The van der Waals surface area contributed by atoms with Crippen LogP contribution in [-0.4, -0.2) is 28.8 Å². The van der Waals surface area contributed by atoms with Crippen LogP contribution in [0, 0.1) is 5.92 Å². The van der Waals surface area contributed by atoms with Gasteiger partial charge in [-0.05, 0) is 18.8 Å². The predicted molar refractivity (Wildman–Crippen MR) is 69.0 cm³/mol. The van der Waals surface area contributed by atoms with Crippen LogP contribution in [0.25, 0.3) is 0 Å². The van der Waals surface area contributed by atoms with Crippen LogP contribution in [-0.2, 0) is 0 Å². The average molecular weight is 237 g/mol. The Hall–Kier alpha value is -0.770. The van der Waals surface area contributed by atoms with E-state index < -0.39 is 0 Å². The Bertz CT molecular complexity index is 335. The lowest BCUT2D eigenvalue weighted by molar-refractivity contribution is 0.748. The molecule has 0 radical (unpaired) electrons. The van der Waals surface area contributed by atoms with Crippen molar-refractivity contribution >= 4 is 17.6 Å². The molecule has 1 aromatic heterocycles. The molecule has 0 atom stereocenters. The Morgan fingerprint density at radius 3 is 2.62 bits per heavy atom. The molecule has 1 aliphatic heterocycles. The van der Waals surface area contributed by atoms with Crippen molar-refractivity contribution < 1.29 is 0 Å². The Kier molecular flexibility index (Phi) is 4.04. The zero-order valence-corrected chi connectivity index (χ0v) is 10.8. The quantitative estimate of drug-likeness (QED) is 0.753. The highest BCUT2D eigenvalue weighted by molar-refractivity contribution is 7.99. The third-order valence-electron chi connectivity index (χ3n) is 2.61. The molecule has 0 saturated carbocycles. The fourth-order valence-electron chi connectivity index (χ4n) is 1.81. The van der Waals surface area contributed by atoms with Crippen LogP contribution in [0.3, 0.4) is 0 Å². The summed E-state index contributed by atoms with van der Waals surface area (Å²) in [6.07, 6.45) is 6.16. The third kappa shape index (κ3) is 2.88. The fourth-order valence-corrected chi connectivity index (χ4v) is 2.75. The molecule has 0 amide bonds. The van der Waals surface area contributed by atoms with Crippen molar-refractivity contribution in [2.24, 2.45) is 5.92 Å². The minimum atomic E-state index is 0.693. The molecule has 16 heavy (non-hydrogen) atoms. The summed E-state index contributed by atoms with van der Waals surface area (Å²) in [5.74, 6) is 2.89. The minimum absolute atomic E-state index is 0.693. The standard InChI is InChI=1S/C12H19N3S/c1-10(2)9-16-12-11(13-5-6-14-12)15-7-3-4-8-15/h5-6,10H,3-4,7-9H2,1-2H3. The van der Waals surface area contributed by atoms with Crippen LogP contribution in [0.15, 0.2) is 17.4 Å². The molecule has 1 fully saturated rings. The summed E-state index contributed by atoms with van der Waals surface area (Å²) in [6.45, 7) is 6.74. The van der Waals surface area contributed by atoms with E-state index in [1.807, 2.05) is 11.8 Å². The largest absolute Gasteiger partial charge is 0.354 e. The van der Waals surface area contributed by atoms with E-state index in [1.54, 1.807) is 12.4 Å². The van der Waals surface area contributed by atoms with Gasteiger partial charge in [0.05, 0.1) is 0 Å². The number of rotatable bonds is 4. The van der Waals surface area contributed by atoms with Crippen molar-refractivity contribution in [2.45, 2.75) is 31.7 Å². The van der Waals surface area contributed by atoms with E-state index in [9.17, 15) is 0 Å². The summed E-state index contributed by atoms with van der Waals surface area (Å²) < 4.78 is 0. The van der Waals surface area contributed by atoms with Gasteiger partial charge in [-0.25, -0.2) is 9.97 Å². The third-order valence-corrected chi connectivity index (χ3v) is 4.00. The molecule has 0 spiro atoms. The van der Waals surface area contributed by atoms with Crippen molar-refractivity contribution in [3.63, 3.8) is 0 Å². The molecule has 0 unspecified atom stereocenters. The van der Waals surface area contributed by atoms with Crippen LogP contribution in [0.4, 0.5) is 5.82 Å². The van der Waals surface area contributed by atoms with Gasteiger partial charge >= 0.3 is 0 Å². The second kappa shape index (κ2) is 5.53. The Morgan fingerprint density at radius 2 is 1.94 bits per heavy atom. The van der Waals surface area contributed by atoms with E-state index in [4.69, 9.17) is 0 Å². The van der Waals surface area contributed by atoms with E-state index in [0.717, 1.165) is 29.7 Å². The minimum Gasteiger partial charge on any atom is -0.354 e. The maximum Gasteiger partial charge on any atom is 0.161 e. The highest BCUT2D eigenvalue weighted by Gasteiger charge is 2.17. The van der Waals surface area contributed by atoms with Crippen LogP contribution in [0.2, 0.25) is 0 Å². The van der Waals surface area contributed by atoms with Gasteiger partial charge in [0.15, 0.2) is 5.82 Å². The first kappa shape index (κ1) is 11.7. The van der Waals surface area contributed by atoms with E-state index in [0.29, 0.717) is 5.92 Å². The Labute approximate surface area is 102 Å². The maximum absolute atomic E-state index is 4.48. The molecular formula is C12H19N3S. The highest BCUT2D eigenvalue weighted by atomic mass is 32.2. The van der Waals surface area contributed by atoms with Crippen LogP contribution < -0.4 is 4.90 Å². The predicted octanol–water partition coefficient (Wildman–Crippen LogP) is 2.82. The second-order valence-corrected chi connectivity index (χ2v) is 5.59. The van der Waals surface area contributed by atoms with Gasteiger partial charge < -0.3 is 4.90 Å². The van der Waals surface area contributed by atoms with Gasteiger partial charge in [-0.3, -0.25) is 0 Å². The lowest BCUT2D eigenvalue weighted by Crippen LogP contribution is -2.20. The highest BCUT2D eigenvalue weighted by Crippen LogP contribution is 2.29. The second-order valence-electron chi connectivity index (χ2n) is 4.58. The van der Waals surface area contributed by atoms with Gasteiger partial charge in [-0.2, -0.15) is 0 Å². The molecule has 1 saturated heterocycles. The Morgan fingerprint density at radius 1 is 1.25 bits per heavy atom. The van der Waals surface area contributed by atoms with E-state index in [2.05, 4.69) is 28.7 Å². The molecule has 0 N–H and O–H groups in total. The summed E-state index contributed by atoms with van der Waals surface area (Å²) >= 11 is 1.83. The molecule has 3 nitrogen and oxygen atoms in total. The van der Waals surface area contributed by atoms with Gasteiger partial charge in [0.2, 0.25) is 0 Å². The number of nitrogens with zero attached hydrogens (tertiary/aromatic N) is 3. The summed E-state index contributed by atoms with van der Waals surface area (Å²) in [6, 6.07) is 0. The van der Waals surface area contributed by atoms with Gasteiger partial charge in [-0.1, -0.05) is 13.8 Å². The van der Waals surface area contributed by atoms with Gasteiger partial charge in [0.25, 0.3) is 0 Å². The van der Waals surface area contributed by atoms with Gasteiger partial charge in [0, 0.05) is 31.2 Å². The number of hydrogen-bond acceptors (Lipinski definition) is 4. The molecule has 0 bridgehead atoms. The van der Waals surface area contributed by atoms with Crippen molar-refractivity contribution in [1.82, 2.24) is 9.97 Å². The maximum atomic E-state index is 4.48. The van der Waals surface area contributed by atoms with Crippen molar-refractivity contribution in [3.05, 3.63) is 12.4 Å². The molecule has 4 heteroatoms. The zero-order valence-electron chi connectivity index (χ0n) is 10.0. The molecule has 88 valence electrons. The van der Waals surface area contributed by atoms with E-state index >= 15 is 0 Å². The number of aromatic nitrogens is 2. The topological polar surface area (TPSA) is 29.0 Å². The van der Waals surface area contributed by atoms with Crippen LogP contribution in [0.1, 0.15) is 26.7 Å². The van der Waals surface area contributed by atoms with E-state index in [1.165, 1.54) is 12.8 Å². The molecule has 0 aromatic carbocycles. The molecule has 1 aliphatic rings. The average Bonchev–Trinajstić information content (AvgIpc) is 2.80. The summed E-state index contributed by atoms with van der Waals surface area (Å²) in [5, 5.41) is 1.10. The lowest BCUT2D eigenvalue weighted by atomic mass is 10.3. The van der Waals surface area contributed by atoms with E-state index in [-0.39, 0.29) is 0 Å². The Balaban J connectivity index is 2.10. The van der Waals surface area contributed by atoms with Crippen LogP contribution in [0.5, 0.6) is 0 Å². The molecule has 2 heterocycles. The molecule has 1 aromatic rings. The van der Waals surface area contributed by atoms with Gasteiger partial charge in [-0.15, -0.1) is 11.8 Å². The van der Waals surface area contributed by atoms with Crippen molar-refractivity contribution in [2.75, 3.05) is 23.7 Å². The lowest BCUT2D eigenvalue weighted by Gasteiger charge is -2.18. The van der Waals surface area contributed by atoms with Crippen molar-refractivity contribution in [1.29, 1.82) is 0 Å². The first-order chi connectivity index (χ1) is 7.77. The summed E-state index contributed by atoms with van der Waals surface area (Å²) in [4.78, 5) is 11.3. The summed E-state index contributed by atoms with van der Waals surface area (Å²) in [5.41, 5.74) is 0. The monoisotopic (exact) mass is 237 g/mol. The van der Waals surface area contributed by atoms with Crippen LogP contribution >= 0.6 is 11.8 Å². The molecule has 0 aliphatic carbocycles. The SMILES string of the molecule is CC(C)CSc1nccnc1N1CCCC1. The first-order valence-electron chi connectivity index (χ1n) is 5.96. The number of thioether (sulfide) groups is 1. The smallest absolute Gasteiger partial charge is 0.161 e. The van der Waals surface area contributed by atoms with Crippen molar-refractivity contribution in [3.8, 4) is 0 Å². The van der Waals surface area contributed by atoms with Gasteiger partial charge in [0.1, 0.15) is 5.03 Å². The molecular weight excluding hydrogens is 218 g/mol. The fraction of sp³-hybridized carbons (Fsp3) is 0.667. The zero-order chi connectivity index (χ0) is 11.4. The normalized spacial score (nSPS) is 16.1. The first-order valence-corrected chi connectivity index (χ1v) is 6.94. The molecule has 2 rings (SSSR count). The number of hydrogen-bond donors (Lipinski definition) is 0. The number of anilines is 1. The summed E-state index contributed by atoms with van der Waals surface area (Å²) in [7, 11) is 0.